The molecule has 1 aromatic heterocycles. The van der Waals surface area contributed by atoms with Gasteiger partial charge in [0.1, 0.15) is 0 Å². The molecular formula is C11H15ClMnN7S2+. The van der Waals surface area contributed by atoms with E-state index in [4.69, 9.17) is 11.5 Å². The Hall–Kier alpha value is -1.32. The van der Waals surface area contributed by atoms with Gasteiger partial charge in [0.15, 0.2) is 10.2 Å². The Kier molecular flexibility index (Phi) is 10.6. The number of nitrogens with one attached hydrogen (secondary N) is 2. The fourth-order valence-electron chi connectivity index (χ4n) is 1.23. The molecule has 0 spiro atoms. The molecule has 119 valence electrons. The third-order valence-corrected chi connectivity index (χ3v) is 2.34. The third kappa shape index (κ3) is 8.20. The molecule has 11 heteroatoms. The molecule has 0 radical (unpaired) electrons. The van der Waals surface area contributed by atoms with Crippen molar-refractivity contribution in [1.29, 1.82) is 0 Å². The predicted molar refractivity (Wildman–Crippen MR) is 94.4 cm³/mol. The maximum absolute atomic E-state index is 5.31. The first-order valence-electron chi connectivity index (χ1n) is 5.71. The Labute approximate surface area is 152 Å². The molecule has 0 bridgehead atoms. The van der Waals surface area contributed by atoms with E-state index in [-0.39, 0.29) is 10.2 Å². The topological polar surface area (TPSA) is 114 Å². The van der Waals surface area contributed by atoms with Crippen LogP contribution in [0.1, 0.15) is 25.2 Å². The summed E-state index contributed by atoms with van der Waals surface area (Å²) in [5, 5.41) is 8.21. The normalized spacial score (nSPS) is 11.0. The quantitative estimate of drug-likeness (QED) is 0.257. The standard InChI is InChI=1S/C11H15N7S2.ClH.Mn/c1-6(15-17-10(12)19)8-4-3-5-9(14-8)7(2)16-18-11(13)20;;/h3-5H,1-2H3,(H3,12,17,19)(H3,13,18,20);1H;/q;;+2/p-1. The number of nitrogens with two attached hydrogens (primary N) is 2. The molecule has 1 heterocycles. The van der Waals surface area contributed by atoms with Crippen LogP contribution in [0.15, 0.2) is 28.4 Å². The molecule has 0 amide bonds. The van der Waals surface area contributed by atoms with Crippen LogP contribution in [0.2, 0.25) is 0 Å². The minimum absolute atomic E-state index is 0.0962. The van der Waals surface area contributed by atoms with Gasteiger partial charge in [0.2, 0.25) is 0 Å². The Balaban J connectivity index is 0.00000211. The molecule has 22 heavy (non-hydrogen) atoms. The fourth-order valence-corrected chi connectivity index (χ4v) is 1.32. The first-order valence-corrected chi connectivity index (χ1v) is 8.15. The molecule has 0 aromatic carbocycles. The van der Waals surface area contributed by atoms with Crippen LogP contribution in [0.5, 0.6) is 0 Å². The molecular weight excluding hydrogens is 385 g/mol. The van der Waals surface area contributed by atoms with E-state index < -0.39 is 0 Å². The number of hydrogen-bond acceptors (Lipinski definition) is 5. The van der Waals surface area contributed by atoms with Gasteiger partial charge in [-0.3, -0.25) is 10.9 Å². The number of halogens is 1. The van der Waals surface area contributed by atoms with Crippen LogP contribution in [0, 0.1) is 0 Å². The number of thiocarbonyl (C=S) groups is 2. The summed E-state index contributed by atoms with van der Waals surface area (Å²) in [5.74, 6) is 0. The third-order valence-electron chi connectivity index (χ3n) is 2.16. The van der Waals surface area contributed by atoms with E-state index in [1.165, 1.54) is 0 Å². The van der Waals surface area contributed by atoms with E-state index in [1.54, 1.807) is 13.8 Å². The fraction of sp³-hybridized carbons (Fsp3) is 0.182. The van der Waals surface area contributed by atoms with E-state index >= 15 is 0 Å². The van der Waals surface area contributed by atoms with Crippen molar-refractivity contribution >= 4 is 56.2 Å². The average molecular weight is 400 g/mol. The molecule has 1 aromatic rings. The van der Waals surface area contributed by atoms with Crippen LogP contribution in [0.4, 0.5) is 0 Å². The summed E-state index contributed by atoms with van der Waals surface area (Å²) in [4.78, 5) is 4.42. The van der Waals surface area contributed by atoms with Crippen molar-refractivity contribution in [2.75, 3.05) is 0 Å². The Morgan fingerprint density at radius 3 is 1.73 bits per heavy atom. The van der Waals surface area contributed by atoms with Crippen molar-refractivity contribution < 1.29 is 15.1 Å². The monoisotopic (exact) mass is 399 g/mol. The number of hydrogen-bond donors (Lipinski definition) is 4. The molecule has 0 atom stereocenters. The van der Waals surface area contributed by atoms with Gasteiger partial charge in [0.25, 0.3) is 0 Å². The molecule has 0 saturated carbocycles. The number of pyridine rings is 1. The summed E-state index contributed by atoms with van der Waals surface area (Å²) in [6.45, 7) is 3.58. The predicted octanol–water partition coefficient (Wildman–Crippen LogP) is 0.883. The number of rotatable bonds is 4. The first-order chi connectivity index (χ1) is 10.4. The number of nitrogens with zero attached hydrogens (tertiary/aromatic N) is 3. The van der Waals surface area contributed by atoms with Crippen molar-refractivity contribution in [3.05, 3.63) is 29.6 Å². The second-order valence-corrected chi connectivity index (χ2v) is 4.63. The SMILES string of the molecule is CC(=NNC(N)=S)c1cccc(C(C)=NNC(N)=S)n1.[Cl][Mn+]. The summed E-state index contributed by atoms with van der Waals surface area (Å²) in [6, 6.07) is 5.48. The molecule has 0 aliphatic carbocycles. The first kappa shape index (κ1) is 20.7. The van der Waals surface area contributed by atoms with Gasteiger partial charge in [-0.15, -0.1) is 0 Å². The number of aromatic nitrogens is 1. The minimum atomic E-state index is 0.0962. The zero-order chi connectivity index (χ0) is 17.1. The van der Waals surface area contributed by atoms with Gasteiger partial charge < -0.3 is 11.5 Å². The molecule has 0 aliphatic heterocycles. The zero-order valence-corrected chi connectivity index (χ0v) is 15.4. The zero-order valence-electron chi connectivity index (χ0n) is 11.8. The van der Waals surface area contributed by atoms with Crippen LogP contribution < -0.4 is 22.3 Å². The summed E-state index contributed by atoms with van der Waals surface area (Å²) in [6.07, 6.45) is 0. The maximum atomic E-state index is 5.31. The molecule has 1 rings (SSSR count). The van der Waals surface area contributed by atoms with E-state index in [2.05, 4.69) is 75.7 Å². The summed E-state index contributed by atoms with van der Waals surface area (Å²) < 4.78 is 0. The van der Waals surface area contributed by atoms with Crippen LogP contribution >= 0.6 is 34.5 Å². The summed E-state index contributed by atoms with van der Waals surface area (Å²) in [7, 11) is 4.45. The van der Waals surface area contributed by atoms with Gasteiger partial charge in [0, 0.05) is 0 Å². The van der Waals surface area contributed by atoms with Gasteiger partial charge in [-0.1, -0.05) is 6.07 Å². The molecule has 7 nitrogen and oxygen atoms in total. The van der Waals surface area contributed by atoms with Gasteiger partial charge in [0.05, 0.1) is 22.8 Å². The Bertz CT molecular complexity index is 544. The Morgan fingerprint density at radius 1 is 1.05 bits per heavy atom. The molecule has 0 unspecified atom stereocenters. The van der Waals surface area contributed by atoms with Crippen molar-refractivity contribution in [1.82, 2.24) is 15.8 Å². The van der Waals surface area contributed by atoms with Gasteiger partial charge in [-0.05, 0) is 50.4 Å². The van der Waals surface area contributed by atoms with Crippen molar-refractivity contribution in [2.24, 2.45) is 21.7 Å². The van der Waals surface area contributed by atoms with Crippen LogP contribution in [-0.2, 0) is 15.1 Å². The number of hydrazone groups is 2. The van der Waals surface area contributed by atoms with Crippen molar-refractivity contribution in [3.63, 3.8) is 0 Å². The van der Waals surface area contributed by atoms with Gasteiger partial charge >= 0.3 is 25.2 Å². The second-order valence-electron chi connectivity index (χ2n) is 3.75. The van der Waals surface area contributed by atoms with E-state index in [0.29, 0.717) is 22.8 Å². The van der Waals surface area contributed by atoms with Crippen LogP contribution in [0.3, 0.4) is 0 Å². The Morgan fingerprint density at radius 2 is 1.41 bits per heavy atom. The average Bonchev–Trinajstić information content (AvgIpc) is 2.52. The van der Waals surface area contributed by atoms with Gasteiger partial charge in [-0.2, -0.15) is 10.2 Å². The van der Waals surface area contributed by atoms with Crippen LogP contribution in [-0.4, -0.2) is 26.6 Å². The van der Waals surface area contributed by atoms with Gasteiger partial charge in [-0.25, -0.2) is 4.98 Å². The van der Waals surface area contributed by atoms with E-state index in [1.807, 2.05) is 18.2 Å². The molecule has 6 N–H and O–H groups in total. The van der Waals surface area contributed by atoms with Crippen molar-refractivity contribution in [2.45, 2.75) is 13.8 Å². The van der Waals surface area contributed by atoms with E-state index in [9.17, 15) is 0 Å². The van der Waals surface area contributed by atoms with Crippen LogP contribution in [0.25, 0.3) is 0 Å². The van der Waals surface area contributed by atoms with Crippen molar-refractivity contribution in [3.8, 4) is 0 Å². The molecule has 0 fully saturated rings. The summed E-state index contributed by atoms with van der Waals surface area (Å²) >= 11 is 11.8. The molecule has 0 aliphatic rings. The van der Waals surface area contributed by atoms with E-state index in [0.717, 1.165) is 0 Å². The molecule has 0 saturated heterocycles. The summed E-state index contributed by atoms with van der Waals surface area (Å²) in [5.41, 5.74) is 18.3. The second kappa shape index (κ2) is 11.3.